The van der Waals surface area contributed by atoms with Gasteiger partial charge in [0.05, 0.1) is 5.92 Å². The van der Waals surface area contributed by atoms with Crippen molar-refractivity contribution >= 4 is 11.9 Å². The minimum atomic E-state index is -1.05. The van der Waals surface area contributed by atoms with Crippen LogP contribution in [0.4, 0.5) is 0 Å². The molecule has 1 unspecified atom stereocenters. The molecular formula is C16H17N3O5. The molecule has 1 atom stereocenters. The second-order valence-corrected chi connectivity index (χ2v) is 5.23. The first-order valence-electron chi connectivity index (χ1n) is 7.21. The Kier molecular flexibility index (Phi) is 5.31. The van der Waals surface area contributed by atoms with Crippen LogP contribution in [-0.4, -0.2) is 32.7 Å². The number of aromatic nitrogens is 2. The van der Waals surface area contributed by atoms with Crippen molar-refractivity contribution in [2.24, 2.45) is 7.05 Å². The Morgan fingerprint density at radius 2 is 1.83 bits per heavy atom. The molecule has 0 saturated carbocycles. The van der Waals surface area contributed by atoms with Crippen molar-refractivity contribution in [3.63, 3.8) is 0 Å². The SMILES string of the molecule is Cn1c(=O)ccn(CC(=O)NCC(C(=O)O)c2ccccc2)c1=O. The maximum Gasteiger partial charge on any atom is 0.331 e. The quantitative estimate of drug-likeness (QED) is 0.744. The highest BCUT2D eigenvalue weighted by molar-refractivity contribution is 5.79. The van der Waals surface area contributed by atoms with Gasteiger partial charge in [0.15, 0.2) is 0 Å². The van der Waals surface area contributed by atoms with Crippen molar-refractivity contribution in [3.8, 4) is 0 Å². The summed E-state index contributed by atoms with van der Waals surface area (Å²) in [6.45, 7) is -0.396. The summed E-state index contributed by atoms with van der Waals surface area (Å²) in [5.41, 5.74) is -0.508. The average molecular weight is 331 g/mol. The number of aliphatic carboxylic acids is 1. The number of amides is 1. The van der Waals surface area contributed by atoms with Crippen LogP contribution in [-0.2, 0) is 23.2 Å². The zero-order valence-corrected chi connectivity index (χ0v) is 13.0. The fourth-order valence-corrected chi connectivity index (χ4v) is 2.20. The summed E-state index contributed by atoms with van der Waals surface area (Å²) >= 11 is 0. The van der Waals surface area contributed by atoms with Gasteiger partial charge in [0.1, 0.15) is 6.54 Å². The van der Waals surface area contributed by atoms with E-state index in [1.54, 1.807) is 30.3 Å². The zero-order valence-electron chi connectivity index (χ0n) is 13.0. The first-order chi connectivity index (χ1) is 11.4. The molecule has 2 aromatic rings. The molecule has 1 heterocycles. The van der Waals surface area contributed by atoms with Crippen molar-refractivity contribution in [2.45, 2.75) is 12.5 Å². The van der Waals surface area contributed by atoms with Gasteiger partial charge in [-0.05, 0) is 5.56 Å². The van der Waals surface area contributed by atoms with Crippen LogP contribution in [0.25, 0.3) is 0 Å². The molecule has 0 saturated heterocycles. The summed E-state index contributed by atoms with van der Waals surface area (Å²) in [6, 6.07) is 9.73. The van der Waals surface area contributed by atoms with Gasteiger partial charge in [0.25, 0.3) is 5.56 Å². The standard InChI is InChI=1S/C16H17N3O5/c1-18-14(21)7-8-19(16(18)24)10-13(20)17-9-12(15(22)23)11-5-3-2-4-6-11/h2-8,12H,9-10H2,1H3,(H,17,20)(H,22,23). The van der Waals surface area contributed by atoms with Crippen LogP contribution in [0.1, 0.15) is 11.5 Å². The zero-order chi connectivity index (χ0) is 17.7. The largest absolute Gasteiger partial charge is 0.481 e. The van der Waals surface area contributed by atoms with Crippen LogP contribution in [0, 0.1) is 0 Å². The molecule has 0 bridgehead atoms. The number of carboxylic acids is 1. The normalized spacial score (nSPS) is 11.7. The number of carbonyl (C=O) groups is 2. The third-order valence-corrected chi connectivity index (χ3v) is 3.58. The smallest absolute Gasteiger partial charge is 0.331 e. The number of hydrogen-bond acceptors (Lipinski definition) is 4. The molecule has 1 amide bonds. The Morgan fingerprint density at radius 1 is 1.17 bits per heavy atom. The van der Waals surface area contributed by atoms with Gasteiger partial charge >= 0.3 is 11.7 Å². The topological polar surface area (TPSA) is 110 Å². The molecule has 2 N–H and O–H groups in total. The molecule has 8 nitrogen and oxygen atoms in total. The molecule has 24 heavy (non-hydrogen) atoms. The number of carboxylic acid groups (broad SMARTS) is 1. The summed E-state index contributed by atoms with van der Waals surface area (Å²) in [5.74, 6) is -2.45. The molecule has 1 aromatic heterocycles. The fourth-order valence-electron chi connectivity index (χ4n) is 2.20. The first-order valence-corrected chi connectivity index (χ1v) is 7.21. The van der Waals surface area contributed by atoms with Crippen molar-refractivity contribution in [1.82, 2.24) is 14.5 Å². The predicted octanol–water partition coefficient (Wildman–Crippen LogP) is -0.468. The van der Waals surface area contributed by atoms with Crippen LogP contribution in [0.3, 0.4) is 0 Å². The highest BCUT2D eigenvalue weighted by Crippen LogP contribution is 2.14. The number of carbonyl (C=O) groups excluding carboxylic acids is 1. The van der Waals surface area contributed by atoms with Crippen LogP contribution >= 0.6 is 0 Å². The van der Waals surface area contributed by atoms with Gasteiger partial charge in [0.2, 0.25) is 5.91 Å². The van der Waals surface area contributed by atoms with Crippen molar-refractivity contribution < 1.29 is 14.7 Å². The molecule has 0 aliphatic rings. The maximum atomic E-state index is 12.0. The molecule has 126 valence electrons. The van der Waals surface area contributed by atoms with E-state index in [0.29, 0.717) is 5.56 Å². The average Bonchev–Trinajstić information content (AvgIpc) is 2.56. The third-order valence-electron chi connectivity index (χ3n) is 3.58. The summed E-state index contributed by atoms with van der Waals surface area (Å²) in [5, 5.41) is 11.8. The van der Waals surface area contributed by atoms with E-state index in [0.717, 1.165) is 9.13 Å². The van der Waals surface area contributed by atoms with Crippen molar-refractivity contribution in [1.29, 1.82) is 0 Å². The van der Waals surface area contributed by atoms with Crippen molar-refractivity contribution in [2.75, 3.05) is 6.54 Å². The van der Waals surface area contributed by atoms with Crippen LogP contribution < -0.4 is 16.6 Å². The van der Waals surface area contributed by atoms with Gasteiger partial charge in [-0.15, -0.1) is 0 Å². The van der Waals surface area contributed by atoms with Crippen LogP contribution in [0.2, 0.25) is 0 Å². The molecule has 1 aromatic carbocycles. The lowest BCUT2D eigenvalue weighted by atomic mass is 9.99. The number of benzene rings is 1. The Labute approximate surface area is 137 Å². The molecule has 0 spiro atoms. The van der Waals surface area contributed by atoms with Crippen LogP contribution in [0.15, 0.2) is 52.2 Å². The van der Waals surface area contributed by atoms with E-state index < -0.39 is 29.0 Å². The maximum absolute atomic E-state index is 12.0. The van der Waals surface area contributed by atoms with Gasteiger partial charge in [-0.1, -0.05) is 30.3 Å². The van der Waals surface area contributed by atoms with Gasteiger partial charge in [0, 0.05) is 25.9 Å². The molecule has 0 aliphatic heterocycles. The summed E-state index contributed by atoms with van der Waals surface area (Å²) in [4.78, 5) is 46.5. The van der Waals surface area contributed by atoms with Crippen molar-refractivity contribution in [3.05, 3.63) is 69.0 Å². The van der Waals surface area contributed by atoms with E-state index in [2.05, 4.69) is 5.32 Å². The van der Waals surface area contributed by atoms with E-state index in [1.165, 1.54) is 19.3 Å². The van der Waals surface area contributed by atoms with Gasteiger partial charge in [-0.25, -0.2) is 4.79 Å². The molecule has 0 fully saturated rings. The molecule has 0 aliphatic carbocycles. The lowest BCUT2D eigenvalue weighted by Gasteiger charge is -2.14. The molecule has 8 heteroatoms. The Hall–Kier alpha value is -3.16. The lowest BCUT2D eigenvalue weighted by Crippen LogP contribution is -2.41. The molecule has 0 radical (unpaired) electrons. The third kappa shape index (κ3) is 3.97. The number of hydrogen-bond donors (Lipinski definition) is 2. The summed E-state index contributed by atoms with van der Waals surface area (Å²) in [6.07, 6.45) is 1.23. The lowest BCUT2D eigenvalue weighted by molar-refractivity contribution is -0.138. The van der Waals surface area contributed by atoms with E-state index in [9.17, 15) is 24.3 Å². The van der Waals surface area contributed by atoms with Gasteiger partial charge in [-0.2, -0.15) is 0 Å². The highest BCUT2D eigenvalue weighted by atomic mass is 16.4. The Morgan fingerprint density at radius 3 is 2.46 bits per heavy atom. The monoisotopic (exact) mass is 331 g/mol. The number of nitrogens with zero attached hydrogens (tertiary/aromatic N) is 2. The number of rotatable bonds is 6. The summed E-state index contributed by atoms with van der Waals surface area (Å²) in [7, 11) is 1.31. The minimum absolute atomic E-state index is 0.0985. The predicted molar refractivity (Wildman–Crippen MR) is 85.8 cm³/mol. The van der Waals surface area contributed by atoms with E-state index in [1.807, 2.05) is 0 Å². The molecule has 2 rings (SSSR count). The van der Waals surface area contributed by atoms with Gasteiger partial charge < -0.3 is 10.4 Å². The van der Waals surface area contributed by atoms with E-state index in [4.69, 9.17) is 0 Å². The summed E-state index contributed by atoms with van der Waals surface area (Å²) < 4.78 is 1.96. The van der Waals surface area contributed by atoms with Crippen LogP contribution in [0.5, 0.6) is 0 Å². The van der Waals surface area contributed by atoms with E-state index >= 15 is 0 Å². The Balaban J connectivity index is 2.05. The highest BCUT2D eigenvalue weighted by Gasteiger charge is 2.20. The second kappa shape index (κ2) is 7.40. The minimum Gasteiger partial charge on any atom is -0.481 e. The Bertz CT molecular complexity index is 854. The second-order valence-electron chi connectivity index (χ2n) is 5.23. The molecular weight excluding hydrogens is 314 g/mol. The van der Waals surface area contributed by atoms with Gasteiger partial charge in [-0.3, -0.25) is 23.5 Å². The first kappa shape index (κ1) is 17.2. The fraction of sp³-hybridized carbons (Fsp3) is 0.250. The van der Waals surface area contributed by atoms with E-state index in [-0.39, 0.29) is 13.1 Å². The number of nitrogens with one attached hydrogen (secondary N) is 1.